The summed E-state index contributed by atoms with van der Waals surface area (Å²) >= 11 is 0. The highest BCUT2D eigenvalue weighted by Crippen LogP contribution is 2.30. The maximum Gasteiger partial charge on any atom is 0.245 e. The molecule has 0 spiro atoms. The number of likely N-dealkylation sites (N-methyl/N-ethyl adjacent to an activating group) is 1. The number of rotatable bonds is 5. The fourth-order valence-corrected chi connectivity index (χ4v) is 4.02. The fourth-order valence-electron chi connectivity index (χ4n) is 4.02. The highest BCUT2D eigenvalue weighted by Gasteiger charge is 2.35. The molecule has 33 heavy (non-hydrogen) atoms. The Morgan fingerprint density at radius 1 is 1.03 bits per heavy atom. The Bertz CT molecular complexity index is 1120. The van der Waals surface area contributed by atoms with Crippen molar-refractivity contribution in [1.29, 1.82) is 0 Å². The Morgan fingerprint density at radius 3 is 2.39 bits per heavy atom. The number of nitrogens with zero attached hydrogens (tertiary/aromatic N) is 5. The molecule has 0 aliphatic carbocycles. The number of carbonyl (C=O) groups excluding carboxylic acids is 1. The first-order valence-corrected chi connectivity index (χ1v) is 11.3. The van der Waals surface area contributed by atoms with E-state index in [0.717, 1.165) is 48.2 Å². The minimum Gasteiger partial charge on any atom is -0.481 e. The van der Waals surface area contributed by atoms with Gasteiger partial charge in [0.2, 0.25) is 11.8 Å². The molecule has 1 saturated heterocycles. The summed E-state index contributed by atoms with van der Waals surface area (Å²) in [5, 5.41) is 4.34. The fraction of sp³-hybridized carbons (Fsp3) is 0.440. The van der Waals surface area contributed by atoms with Gasteiger partial charge in [0, 0.05) is 49.4 Å². The molecule has 1 fully saturated rings. The molecule has 1 N–H and O–H groups in total. The Hall–Kier alpha value is -3.26. The maximum absolute atomic E-state index is 13.5. The zero-order valence-electron chi connectivity index (χ0n) is 20.0. The van der Waals surface area contributed by atoms with Crippen LogP contribution in [0.5, 0.6) is 5.88 Å². The lowest BCUT2D eigenvalue weighted by atomic mass is 9.85. The molecule has 0 bridgehead atoms. The first-order chi connectivity index (χ1) is 15.8. The third kappa shape index (κ3) is 5.06. The van der Waals surface area contributed by atoms with Crippen molar-refractivity contribution in [2.24, 2.45) is 5.41 Å². The Labute approximate surface area is 195 Å². The van der Waals surface area contributed by atoms with Crippen LogP contribution < -0.4 is 10.1 Å². The topological polar surface area (TPSA) is 83.5 Å². The minimum atomic E-state index is -0.412. The molecule has 1 aliphatic heterocycles. The number of hydrogen-bond donors (Lipinski definition) is 1. The molecule has 4 rings (SSSR count). The van der Waals surface area contributed by atoms with E-state index in [4.69, 9.17) is 4.74 Å². The van der Waals surface area contributed by atoms with E-state index in [0.29, 0.717) is 11.7 Å². The van der Waals surface area contributed by atoms with Crippen LogP contribution in [0, 0.1) is 5.41 Å². The van der Waals surface area contributed by atoms with Gasteiger partial charge >= 0.3 is 0 Å². The molecule has 0 saturated carbocycles. The van der Waals surface area contributed by atoms with Crippen LogP contribution in [0.25, 0.3) is 22.0 Å². The zero-order valence-corrected chi connectivity index (χ0v) is 20.0. The van der Waals surface area contributed by atoms with Crippen molar-refractivity contribution in [1.82, 2.24) is 24.8 Å². The van der Waals surface area contributed by atoms with Gasteiger partial charge in [0.05, 0.1) is 12.6 Å². The van der Waals surface area contributed by atoms with Crippen LogP contribution in [-0.4, -0.2) is 77.0 Å². The van der Waals surface area contributed by atoms with Crippen LogP contribution in [0.2, 0.25) is 0 Å². The van der Waals surface area contributed by atoms with Gasteiger partial charge in [-0.1, -0.05) is 26.8 Å². The third-order valence-electron chi connectivity index (χ3n) is 6.12. The molecule has 3 aromatic rings. The summed E-state index contributed by atoms with van der Waals surface area (Å²) in [7, 11) is 3.69. The van der Waals surface area contributed by atoms with Gasteiger partial charge in [-0.15, -0.1) is 0 Å². The van der Waals surface area contributed by atoms with Gasteiger partial charge in [-0.3, -0.25) is 4.79 Å². The normalized spacial score (nSPS) is 16.0. The summed E-state index contributed by atoms with van der Waals surface area (Å²) in [6.07, 6.45) is 3.32. The van der Waals surface area contributed by atoms with Crippen molar-refractivity contribution in [2.45, 2.75) is 26.8 Å². The lowest BCUT2D eigenvalue weighted by Crippen LogP contribution is -2.55. The average Bonchev–Trinajstić information content (AvgIpc) is 2.81. The van der Waals surface area contributed by atoms with Crippen LogP contribution in [0.1, 0.15) is 20.8 Å². The van der Waals surface area contributed by atoms with Crippen LogP contribution in [-0.2, 0) is 4.79 Å². The first kappa shape index (κ1) is 22.9. The third-order valence-corrected chi connectivity index (χ3v) is 6.12. The molecule has 3 heterocycles. The van der Waals surface area contributed by atoms with Crippen molar-refractivity contribution < 1.29 is 9.53 Å². The molecular weight excluding hydrogens is 416 g/mol. The number of nitrogens with one attached hydrogen (secondary N) is 1. The van der Waals surface area contributed by atoms with Gasteiger partial charge in [0.1, 0.15) is 18.2 Å². The molecule has 1 atom stereocenters. The second kappa shape index (κ2) is 9.31. The van der Waals surface area contributed by atoms with E-state index in [9.17, 15) is 4.79 Å². The average molecular weight is 449 g/mol. The van der Waals surface area contributed by atoms with E-state index >= 15 is 0 Å². The van der Waals surface area contributed by atoms with Gasteiger partial charge in [0.25, 0.3) is 0 Å². The maximum atomic E-state index is 13.5. The standard InChI is InChI=1S/C25H32N6O2/c1-25(2,3)22(24(32)31-12-10-30(4)11-13-31)29-23-19-14-17(6-8-20(19)27-16-28-23)18-7-9-21(33-5)26-15-18/h6-9,14-16,22H,10-13H2,1-5H3,(H,27,28,29)/t22-/m1/s1. The summed E-state index contributed by atoms with van der Waals surface area (Å²) in [4.78, 5) is 31.0. The smallest absolute Gasteiger partial charge is 0.245 e. The molecular formula is C25H32N6O2. The predicted molar refractivity (Wildman–Crippen MR) is 130 cm³/mol. The zero-order chi connectivity index (χ0) is 23.6. The molecule has 174 valence electrons. The van der Waals surface area contributed by atoms with E-state index in [2.05, 4.69) is 53.0 Å². The van der Waals surface area contributed by atoms with E-state index in [1.807, 2.05) is 35.2 Å². The number of anilines is 1. The largest absolute Gasteiger partial charge is 0.481 e. The minimum absolute atomic E-state index is 0.109. The quantitative estimate of drug-likeness (QED) is 0.641. The molecule has 1 aromatic carbocycles. The number of aromatic nitrogens is 3. The van der Waals surface area contributed by atoms with E-state index in [1.165, 1.54) is 0 Å². The predicted octanol–water partition coefficient (Wildman–Crippen LogP) is 3.30. The summed E-state index contributed by atoms with van der Waals surface area (Å²) in [6, 6.07) is 9.42. The van der Waals surface area contributed by atoms with Crippen LogP contribution in [0.15, 0.2) is 42.9 Å². The first-order valence-electron chi connectivity index (χ1n) is 11.3. The SMILES string of the molecule is COc1ccc(-c2ccc3ncnc(N[C@H](C(=O)N4CCN(C)CC4)C(C)(C)C)c3c2)cn1. The highest BCUT2D eigenvalue weighted by molar-refractivity contribution is 5.94. The molecule has 8 nitrogen and oxygen atoms in total. The second-order valence-electron chi connectivity index (χ2n) is 9.62. The number of fused-ring (bicyclic) bond motifs is 1. The molecule has 2 aromatic heterocycles. The van der Waals surface area contributed by atoms with Crippen molar-refractivity contribution in [3.63, 3.8) is 0 Å². The number of methoxy groups -OCH3 is 1. The summed E-state index contributed by atoms with van der Waals surface area (Å²) in [5.41, 5.74) is 2.48. The molecule has 8 heteroatoms. The number of benzene rings is 1. The van der Waals surface area contributed by atoms with Gasteiger partial charge in [-0.25, -0.2) is 15.0 Å². The molecule has 0 unspecified atom stereocenters. The van der Waals surface area contributed by atoms with Gasteiger partial charge in [-0.05, 0) is 36.2 Å². The Balaban J connectivity index is 1.67. The van der Waals surface area contributed by atoms with Crippen molar-refractivity contribution >= 4 is 22.6 Å². The number of ether oxygens (including phenoxy) is 1. The number of carbonyl (C=O) groups is 1. The van der Waals surface area contributed by atoms with Crippen LogP contribution >= 0.6 is 0 Å². The van der Waals surface area contributed by atoms with Crippen molar-refractivity contribution in [3.8, 4) is 17.0 Å². The van der Waals surface area contributed by atoms with Gasteiger partial charge in [0.15, 0.2) is 0 Å². The number of pyridine rings is 1. The lowest BCUT2D eigenvalue weighted by Gasteiger charge is -2.38. The van der Waals surface area contributed by atoms with Crippen LogP contribution in [0.3, 0.4) is 0 Å². The number of hydrogen-bond acceptors (Lipinski definition) is 7. The van der Waals surface area contributed by atoms with Crippen molar-refractivity contribution in [2.75, 3.05) is 45.7 Å². The summed E-state index contributed by atoms with van der Waals surface area (Å²) in [5.74, 6) is 1.34. The summed E-state index contributed by atoms with van der Waals surface area (Å²) in [6.45, 7) is 9.49. The van der Waals surface area contributed by atoms with E-state index in [-0.39, 0.29) is 11.3 Å². The second-order valence-corrected chi connectivity index (χ2v) is 9.62. The van der Waals surface area contributed by atoms with Gasteiger partial charge < -0.3 is 19.9 Å². The molecule has 1 aliphatic rings. The van der Waals surface area contributed by atoms with Gasteiger partial charge in [-0.2, -0.15) is 0 Å². The molecule has 0 radical (unpaired) electrons. The number of amides is 1. The lowest BCUT2D eigenvalue weighted by molar-refractivity contribution is -0.135. The Morgan fingerprint density at radius 2 is 1.76 bits per heavy atom. The van der Waals surface area contributed by atoms with Crippen LogP contribution in [0.4, 0.5) is 5.82 Å². The van der Waals surface area contributed by atoms with Crippen molar-refractivity contribution in [3.05, 3.63) is 42.9 Å². The van der Waals surface area contributed by atoms with E-state index < -0.39 is 6.04 Å². The Kier molecular flexibility index (Phi) is 6.47. The number of piperazine rings is 1. The highest BCUT2D eigenvalue weighted by atomic mass is 16.5. The van der Waals surface area contributed by atoms with E-state index in [1.54, 1.807) is 19.6 Å². The monoisotopic (exact) mass is 448 g/mol. The summed E-state index contributed by atoms with van der Waals surface area (Å²) < 4.78 is 5.17. The molecule has 1 amide bonds.